The summed E-state index contributed by atoms with van der Waals surface area (Å²) in [5.41, 5.74) is 4.43. The van der Waals surface area contributed by atoms with Crippen molar-refractivity contribution in [2.24, 2.45) is 0 Å². The van der Waals surface area contributed by atoms with Crippen LogP contribution in [0.3, 0.4) is 0 Å². The molecule has 0 bridgehead atoms. The van der Waals surface area contributed by atoms with Crippen LogP contribution in [-0.2, 0) is 16.0 Å². The maximum atomic E-state index is 12.6. The average molecular weight is 335 g/mol. The Kier molecular flexibility index (Phi) is 4.89. The minimum Gasteiger partial charge on any atom is -0.497 e. The van der Waals surface area contributed by atoms with Gasteiger partial charge in [0.25, 0.3) is 5.91 Å². The molecule has 6 nitrogen and oxygen atoms in total. The summed E-state index contributed by atoms with van der Waals surface area (Å²) in [6.07, 6.45) is 0.535. The van der Waals surface area contributed by atoms with Crippen molar-refractivity contribution in [1.82, 2.24) is 10.4 Å². The van der Waals surface area contributed by atoms with E-state index in [4.69, 9.17) is 4.74 Å². The second kappa shape index (κ2) is 7.44. The van der Waals surface area contributed by atoms with Gasteiger partial charge in [-0.25, -0.2) is 5.01 Å². The second-order valence-corrected chi connectivity index (χ2v) is 5.35. The molecule has 1 heterocycles. The number of para-hydroxylation sites is 1. The van der Waals surface area contributed by atoms with E-state index in [1.807, 2.05) is 36.4 Å². The Hall–Kier alpha value is -3.41. The molecule has 3 rings (SSSR count). The van der Waals surface area contributed by atoms with Gasteiger partial charge in [0, 0.05) is 5.39 Å². The number of hydrazine groups is 1. The first kappa shape index (κ1) is 16.4. The molecule has 0 unspecified atom stereocenters. The molecule has 2 amide bonds. The fourth-order valence-corrected chi connectivity index (χ4v) is 2.52. The molecule has 1 aromatic heterocycles. The molecular formula is C19H17N3O3. The zero-order chi connectivity index (χ0) is 17.6. The Morgan fingerprint density at radius 3 is 2.60 bits per heavy atom. The lowest BCUT2D eigenvalue weighted by Crippen LogP contribution is -2.43. The Bertz CT molecular complexity index is 894. The molecule has 2 aromatic carbocycles. The summed E-state index contributed by atoms with van der Waals surface area (Å²) in [4.78, 5) is 28.0. The van der Waals surface area contributed by atoms with E-state index < -0.39 is 0 Å². The monoisotopic (exact) mass is 335 g/mol. The predicted molar refractivity (Wildman–Crippen MR) is 95.1 cm³/mol. The molecule has 126 valence electrons. The molecule has 0 saturated heterocycles. The van der Waals surface area contributed by atoms with Crippen LogP contribution < -0.4 is 15.2 Å². The highest BCUT2D eigenvalue weighted by Crippen LogP contribution is 2.19. The first-order valence-electron chi connectivity index (χ1n) is 7.73. The smallest absolute Gasteiger partial charge is 0.251 e. The SMILES string of the molecule is COc1ccc(N(NC=O)C(=O)Cc2ccc3ccccc3n2)cc1. The standard InChI is InChI=1S/C19H17N3O3/c1-25-17-10-8-16(9-11-17)22(20-13-23)19(24)12-15-7-6-14-4-2-3-5-18(14)21-15/h2-11,13H,12H2,1H3,(H,20,23). The topological polar surface area (TPSA) is 71.5 Å². The van der Waals surface area contributed by atoms with Gasteiger partial charge in [-0.3, -0.25) is 20.0 Å². The first-order chi connectivity index (χ1) is 12.2. The number of ether oxygens (including phenoxy) is 1. The van der Waals surface area contributed by atoms with Gasteiger partial charge in [0.15, 0.2) is 0 Å². The molecule has 0 fully saturated rings. The maximum Gasteiger partial charge on any atom is 0.251 e. The number of carbonyl (C=O) groups excluding carboxylic acids is 2. The molecule has 1 N–H and O–H groups in total. The summed E-state index contributed by atoms with van der Waals surface area (Å²) in [5.74, 6) is 0.374. The molecule has 0 atom stereocenters. The van der Waals surface area contributed by atoms with Crippen molar-refractivity contribution in [3.63, 3.8) is 0 Å². The highest BCUT2D eigenvalue weighted by molar-refractivity contribution is 5.95. The number of hydrogen-bond donors (Lipinski definition) is 1. The number of nitrogens with one attached hydrogen (secondary N) is 1. The van der Waals surface area contributed by atoms with Gasteiger partial charge < -0.3 is 4.74 Å². The van der Waals surface area contributed by atoms with Crippen molar-refractivity contribution in [3.05, 3.63) is 66.4 Å². The lowest BCUT2D eigenvalue weighted by molar-refractivity contribution is -0.121. The molecule has 0 aliphatic rings. The molecule has 0 aliphatic heterocycles. The van der Waals surface area contributed by atoms with Crippen LogP contribution in [-0.4, -0.2) is 24.4 Å². The quantitative estimate of drug-likeness (QED) is 0.555. The number of fused-ring (bicyclic) bond motifs is 1. The normalized spacial score (nSPS) is 10.3. The molecule has 0 radical (unpaired) electrons. The third-order valence-electron chi connectivity index (χ3n) is 3.75. The van der Waals surface area contributed by atoms with E-state index in [2.05, 4.69) is 10.4 Å². The summed E-state index contributed by atoms with van der Waals surface area (Å²) in [6, 6.07) is 18.3. The van der Waals surface area contributed by atoms with Gasteiger partial charge in [0.1, 0.15) is 5.75 Å². The maximum absolute atomic E-state index is 12.6. The number of anilines is 1. The summed E-state index contributed by atoms with van der Waals surface area (Å²) < 4.78 is 5.10. The fourth-order valence-electron chi connectivity index (χ4n) is 2.52. The number of hydrogen-bond acceptors (Lipinski definition) is 4. The molecular weight excluding hydrogens is 318 g/mol. The van der Waals surface area contributed by atoms with Crippen molar-refractivity contribution in [2.75, 3.05) is 12.1 Å². The van der Waals surface area contributed by atoms with Crippen molar-refractivity contribution in [3.8, 4) is 5.75 Å². The Morgan fingerprint density at radius 1 is 1.12 bits per heavy atom. The number of aromatic nitrogens is 1. The highest BCUT2D eigenvalue weighted by atomic mass is 16.5. The summed E-state index contributed by atoms with van der Waals surface area (Å²) in [6.45, 7) is 0. The van der Waals surface area contributed by atoms with Crippen LogP contribution in [0.2, 0.25) is 0 Å². The van der Waals surface area contributed by atoms with Crippen LogP contribution in [0.5, 0.6) is 5.75 Å². The number of amides is 2. The van der Waals surface area contributed by atoms with Gasteiger partial charge in [-0.1, -0.05) is 24.3 Å². The molecule has 3 aromatic rings. The van der Waals surface area contributed by atoms with Gasteiger partial charge in [-0.05, 0) is 36.4 Å². The highest BCUT2D eigenvalue weighted by Gasteiger charge is 2.17. The van der Waals surface area contributed by atoms with E-state index in [1.165, 1.54) is 5.01 Å². The van der Waals surface area contributed by atoms with Crippen LogP contribution >= 0.6 is 0 Å². The number of nitrogens with zero attached hydrogens (tertiary/aromatic N) is 2. The zero-order valence-electron chi connectivity index (χ0n) is 13.7. The molecule has 0 saturated carbocycles. The van der Waals surface area contributed by atoms with E-state index in [9.17, 15) is 9.59 Å². The average Bonchev–Trinajstić information content (AvgIpc) is 2.66. The number of pyridine rings is 1. The van der Waals surface area contributed by atoms with Crippen molar-refractivity contribution < 1.29 is 14.3 Å². The van der Waals surface area contributed by atoms with Crippen LogP contribution in [0, 0.1) is 0 Å². The lowest BCUT2D eigenvalue weighted by Gasteiger charge is -2.21. The van der Waals surface area contributed by atoms with E-state index in [0.717, 1.165) is 10.9 Å². The zero-order valence-corrected chi connectivity index (χ0v) is 13.7. The summed E-state index contributed by atoms with van der Waals surface area (Å²) in [7, 11) is 1.56. The molecule has 6 heteroatoms. The minimum absolute atomic E-state index is 0.0672. The van der Waals surface area contributed by atoms with E-state index in [0.29, 0.717) is 23.5 Å². The van der Waals surface area contributed by atoms with Crippen LogP contribution in [0.25, 0.3) is 10.9 Å². The van der Waals surface area contributed by atoms with Crippen LogP contribution in [0.1, 0.15) is 5.69 Å². The van der Waals surface area contributed by atoms with Crippen molar-refractivity contribution in [2.45, 2.75) is 6.42 Å². The van der Waals surface area contributed by atoms with Crippen molar-refractivity contribution in [1.29, 1.82) is 0 Å². The van der Waals surface area contributed by atoms with Crippen molar-refractivity contribution >= 4 is 28.9 Å². The molecule has 0 spiro atoms. The molecule has 0 aliphatic carbocycles. The van der Waals surface area contributed by atoms with Gasteiger partial charge in [-0.15, -0.1) is 0 Å². The van der Waals surface area contributed by atoms with E-state index >= 15 is 0 Å². The summed E-state index contributed by atoms with van der Waals surface area (Å²) >= 11 is 0. The third kappa shape index (κ3) is 3.74. The second-order valence-electron chi connectivity index (χ2n) is 5.35. The van der Waals surface area contributed by atoms with Crippen LogP contribution in [0.15, 0.2) is 60.7 Å². The summed E-state index contributed by atoms with van der Waals surface area (Å²) in [5, 5.41) is 2.21. The lowest BCUT2D eigenvalue weighted by atomic mass is 10.1. The Balaban J connectivity index is 1.82. The van der Waals surface area contributed by atoms with Crippen LogP contribution in [0.4, 0.5) is 5.69 Å². The number of methoxy groups -OCH3 is 1. The minimum atomic E-state index is -0.292. The number of benzene rings is 2. The van der Waals surface area contributed by atoms with Gasteiger partial charge in [0.2, 0.25) is 6.41 Å². The number of rotatable bonds is 6. The Labute approximate surface area is 145 Å². The predicted octanol–water partition coefficient (Wildman–Crippen LogP) is 2.48. The third-order valence-corrected chi connectivity index (χ3v) is 3.75. The van der Waals surface area contributed by atoms with Gasteiger partial charge in [-0.2, -0.15) is 0 Å². The fraction of sp³-hybridized carbons (Fsp3) is 0.105. The largest absolute Gasteiger partial charge is 0.497 e. The Morgan fingerprint density at radius 2 is 1.88 bits per heavy atom. The van der Waals surface area contributed by atoms with Gasteiger partial charge in [0.05, 0.1) is 30.4 Å². The van der Waals surface area contributed by atoms with E-state index in [1.54, 1.807) is 31.4 Å². The number of carbonyl (C=O) groups is 2. The van der Waals surface area contributed by atoms with Gasteiger partial charge >= 0.3 is 0 Å². The first-order valence-corrected chi connectivity index (χ1v) is 7.73. The van der Waals surface area contributed by atoms with E-state index in [-0.39, 0.29) is 12.3 Å². The molecule has 25 heavy (non-hydrogen) atoms.